The summed E-state index contributed by atoms with van der Waals surface area (Å²) in [5, 5.41) is 3.74. The summed E-state index contributed by atoms with van der Waals surface area (Å²) in [4.78, 5) is 2.46. The summed E-state index contributed by atoms with van der Waals surface area (Å²) in [6.07, 6.45) is 11.8. The molecule has 2 nitrogen and oxygen atoms in total. The van der Waals surface area contributed by atoms with Gasteiger partial charge in [-0.2, -0.15) is 11.8 Å². The first-order valence-corrected chi connectivity index (χ1v) is 8.63. The summed E-state index contributed by atoms with van der Waals surface area (Å²) in [6.45, 7) is 3.78. The van der Waals surface area contributed by atoms with E-state index < -0.39 is 0 Å². The molecule has 0 saturated carbocycles. The Morgan fingerprint density at radius 3 is 2.76 bits per heavy atom. The van der Waals surface area contributed by atoms with Crippen molar-refractivity contribution in [3.8, 4) is 0 Å². The number of hydrogen-bond acceptors (Lipinski definition) is 3. The number of thioether (sulfide) groups is 1. The van der Waals surface area contributed by atoms with Gasteiger partial charge in [0, 0.05) is 6.04 Å². The maximum absolute atomic E-state index is 3.74. The Balaban J connectivity index is 1.91. The Morgan fingerprint density at radius 2 is 1.94 bits per heavy atom. The molecular formula is C14H30N2S. The number of nitrogens with zero attached hydrogens (tertiary/aromatic N) is 1. The van der Waals surface area contributed by atoms with E-state index in [-0.39, 0.29) is 0 Å². The third-order valence-corrected chi connectivity index (χ3v) is 4.36. The van der Waals surface area contributed by atoms with Crippen LogP contribution in [-0.4, -0.2) is 49.6 Å². The first kappa shape index (κ1) is 15.3. The lowest BCUT2D eigenvalue weighted by Crippen LogP contribution is -2.31. The van der Waals surface area contributed by atoms with Crippen molar-refractivity contribution >= 4 is 11.8 Å². The molecule has 17 heavy (non-hydrogen) atoms. The molecule has 102 valence electrons. The van der Waals surface area contributed by atoms with Gasteiger partial charge in [-0.15, -0.1) is 0 Å². The molecule has 0 aromatic carbocycles. The van der Waals surface area contributed by atoms with Crippen LogP contribution in [0.1, 0.15) is 44.9 Å². The van der Waals surface area contributed by atoms with Crippen molar-refractivity contribution in [2.45, 2.75) is 51.0 Å². The normalized spacial score (nSPS) is 22.6. The van der Waals surface area contributed by atoms with Crippen molar-refractivity contribution in [1.82, 2.24) is 10.2 Å². The number of nitrogens with one attached hydrogen (secondary N) is 1. The van der Waals surface area contributed by atoms with Crippen LogP contribution in [0, 0.1) is 0 Å². The molecule has 1 aliphatic rings. The number of hydrogen-bond donors (Lipinski definition) is 1. The van der Waals surface area contributed by atoms with Crippen molar-refractivity contribution in [2.24, 2.45) is 0 Å². The van der Waals surface area contributed by atoms with E-state index in [1.807, 2.05) is 11.8 Å². The highest BCUT2D eigenvalue weighted by atomic mass is 32.2. The Hall–Kier alpha value is 0.270. The minimum atomic E-state index is 0.783. The highest BCUT2D eigenvalue weighted by Gasteiger charge is 2.13. The summed E-state index contributed by atoms with van der Waals surface area (Å²) in [7, 11) is 2.24. The fraction of sp³-hybridized carbons (Fsp3) is 1.00. The Bertz CT molecular complexity index is 176. The van der Waals surface area contributed by atoms with Crippen molar-refractivity contribution in [1.29, 1.82) is 0 Å². The first-order chi connectivity index (χ1) is 8.33. The SMILES string of the molecule is CSCCCCCCNC1CCCN(C)CC1. The lowest BCUT2D eigenvalue weighted by Gasteiger charge is -2.16. The van der Waals surface area contributed by atoms with Crippen molar-refractivity contribution in [3.63, 3.8) is 0 Å². The van der Waals surface area contributed by atoms with E-state index in [0.717, 1.165) is 6.04 Å². The molecule has 0 aromatic rings. The Morgan fingerprint density at radius 1 is 1.12 bits per heavy atom. The van der Waals surface area contributed by atoms with Crippen LogP contribution in [-0.2, 0) is 0 Å². The van der Waals surface area contributed by atoms with Gasteiger partial charge in [0.25, 0.3) is 0 Å². The van der Waals surface area contributed by atoms with Crippen LogP contribution >= 0.6 is 11.8 Å². The largest absolute Gasteiger partial charge is 0.314 e. The lowest BCUT2D eigenvalue weighted by atomic mass is 10.1. The van der Waals surface area contributed by atoms with Gasteiger partial charge in [-0.3, -0.25) is 0 Å². The highest BCUT2D eigenvalue weighted by molar-refractivity contribution is 7.98. The topological polar surface area (TPSA) is 15.3 Å². The number of unbranched alkanes of at least 4 members (excludes halogenated alkanes) is 3. The van der Waals surface area contributed by atoms with Gasteiger partial charge in [-0.1, -0.05) is 12.8 Å². The van der Waals surface area contributed by atoms with Gasteiger partial charge in [-0.05, 0) is 70.8 Å². The zero-order valence-electron chi connectivity index (χ0n) is 11.7. The maximum atomic E-state index is 3.74. The van der Waals surface area contributed by atoms with E-state index in [1.165, 1.54) is 70.3 Å². The minimum Gasteiger partial charge on any atom is -0.314 e. The van der Waals surface area contributed by atoms with Crippen molar-refractivity contribution < 1.29 is 0 Å². The van der Waals surface area contributed by atoms with Gasteiger partial charge in [0.2, 0.25) is 0 Å². The van der Waals surface area contributed by atoms with Crippen molar-refractivity contribution in [2.75, 3.05) is 38.7 Å². The third kappa shape index (κ3) is 8.06. The van der Waals surface area contributed by atoms with E-state index in [9.17, 15) is 0 Å². The quantitative estimate of drug-likeness (QED) is 0.674. The number of likely N-dealkylation sites (tertiary alicyclic amines) is 1. The summed E-state index contributed by atoms with van der Waals surface area (Å²) < 4.78 is 0. The smallest absolute Gasteiger partial charge is 0.00797 e. The van der Waals surface area contributed by atoms with E-state index in [4.69, 9.17) is 0 Å². The van der Waals surface area contributed by atoms with Crippen LogP contribution in [0.25, 0.3) is 0 Å². The first-order valence-electron chi connectivity index (χ1n) is 7.24. The molecule has 0 aromatic heterocycles. The molecule has 0 bridgehead atoms. The molecule has 0 amide bonds. The summed E-state index contributed by atoms with van der Waals surface area (Å²) >= 11 is 1.97. The third-order valence-electron chi connectivity index (χ3n) is 3.66. The van der Waals surface area contributed by atoms with E-state index in [0.29, 0.717) is 0 Å². The van der Waals surface area contributed by atoms with Crippen LogP contribution < -0.4 is 5.32 Å². The molecule has 1 N–H and O–H groups in total. The lowest BCUT2D eigenvalue weighted by molar-refractivity contribution is 0.343. The molecule has 0 spiro atoms. The van der Waals surface area contributed by atoms with E-state index in [2.05, 4.69) is 23.5 Å². The van der Waals surface area contributed by atoms with Gasteiger partial charge in [0.1, 0.15) is 0 Å². The van der Waals surface area contributed by atoms with E-state index in [1.54, 1.807) is 0 Å². The molecule has 1 aliphatic heterocycles. The van der Waals surface area contributed by atoms with Gasteiger partial charge >= 0.3 is 0 Å². The molecule has 1 saturated heterocycles. The molecule has 1 fully saturated rings. The van der Waals surface area contributed by atoms with Crippen LogP contribution in [0.3, 0.4) is 0 Å². The Kier molecular flexibility index (Phi) is 9.21. The second kappa shape index (κ2) is 10.2. The van der Waals surface area contributed by atoms with Gasteiger partial charge in [0.05, 0.1) is 0 Å². The zero-order chi connectivity index (χ0) is 12.3. The maximum Gasteiger partial charge on any atom is 0.00797 e. The predicted octanol–water partition coefficient (Wildman–Crippen LogP) is 2.98. The fourth-order valence-electron chi connectivity index (χ4n) is 2.48. The van der Waals surface area contributed by atoms with Crippen molar-refractivity contribution in [3.05, 3.63) is 0 Å². The summed E-state index contributed by atoms with van der Waals surface area (Å²) in [6, 6.07) is 0.783. The molecule has 1 heterocycles. The molecule has 0 radical (unpaired) electrons. The molecule has 3 heteroatoms. The molecule has 1 atom stereocenters. The second-order valence-corrected chi connectivity index (χ2v) is 6.28. The van der Waals surface area contributed by atoms with Crippen LogP contribution in [0.15, 0.2) is 0 Å². The second-order valence-electron chi connectivity index (χ2n) is 5.29. The average Bonchev–Trinajstić information content (AvgIpc) is 2.53. The number of rotatable bonds is 8. The van der Waals surface area contributed by atoms with Crippen LogP contribution in [0.5, 0.6) is 0 Å². The van der Waals surface area contributed by atoms with Crippen LogP contribution in [0.4, 0.5) is 0 Å². The zero-order valence-corrected chi connectivity index (χ0v) is 12.5. The fourth-order valence-corrected chi connectivity index (χ4v) is 2.97. The molecule has 0 aliphatic carbocycles. The summed E-state index contributed by atoms with van der Waals surface area (Å²) in [5.74, 6) is 1.34. The predicted molar refractivity (Wildman–Crippen MR) is 80.0 cm³/mol. The molecule has 1 unspecified atom stereocenters. The monoisotopic (exact) mass is 258 g/mol. The highest BCUT2D eigenvalue weighted by Crippen LogP contribution is 2.10. The minimum absolute atomic E-state index is 0.783. The molecular weight excluding hydrogens is 228 g/mol. The van der Waals surface area contributed by atoms with Gasteiger partial charge < -0.3 is 10.2 Å². The van der Waals surface area contributed by atoms with Gasteiger partial charge in [0.15, 0.2) is 0 Å². The van der Waals surface area contributed by atoms with Gasteiger partial charge in [-0.25, -0.2) is 0 Å². The molecule has 1 rings (SSSR count). The Labute approximate surface area is 112 Å². The summed E-state index contributed by atoms with van der Waals surface area (Å²) in [5.41, 5.74) is 0. The average molecular weight is 258 g/mol. The standard InChI is InChI=1S/C14H30N2S/c1-16-11-7-8-14(9-12-16)15-10-5-3-4-6-13-17-2/h14-15H,3-13H2,1-2H3. The van der Waals surface area contributed by atoms with Crippen LogP contribution in [0.2, 0.25) is 0 Å². The van der Waals surface area contributed by atoms with E-state index >= 15 is 0 Å².